The van der Waals surface area contributed by atoms with Crippen LogP contribution in [0, 0.1) is 5.82 Å². The van der Waals surface area contributed by atoms with Crippen LogP contribution in [0.4, 0.5) is 15.8 Å². The molecule has 0 spiro atoms. The van der Waals surface area contributed by atoms with E-state index in [2.05, 4.69) is 5.32 Å². The zero-order valence-corrected chi connectivity index (χ0v) is 17.0. The predicted molar refractivity (Wildman–Crippen MR) is 105 cm³/mol. The molecule has 2 aromatic carbocycles. The summed E-state index contributed by atoms with van der Waals surface area (Å²) in [5.41, 5.74) is 0.433. The Bertz CT molecular complexity index is 969. The first-order valence-corrected chi connectivity index (χ1v) is 10.2. The SMILES string of the molecule is COc1ccc(N([C@H](C)C(=O)Nc2ccc(F)c(Cl)c2)S(C)(=O)=O)cc1Cl. The van der Waals surface area contributed by atoms with Gasteiger partial charge in [-0.1, -0.05) is 23.2 Å². The third-order valence-corrected chi connectivity index (χ3v) is 5.49. The number of hydrogen-bond donors (Lipinski definition) is 1. The van der Waals surface area contributed by atoms with Crippen LogP contribution in [0.15, 0.2) is 36.4 Å². The van der Waals surface area contributed by atoms with Gasteiger partial charge in [0.05, 0.1) is 29.1 Å². The summed E-state index contributed by atoms with van der Waals surface area (Å²) in [6.07, 6.45) is 0.976. The molecule has 0 saturated heterocycles. The number of ether oxygens (including phenoxy) is 1. The number of hydrogen-bond acceptors (Lipinski definition) is 4. The van der Waals surface area contributed by atoms with Gasteiger partial charge in [-0.15, -0.1) is 0 Å². The fourth-order valence-corrected chi connectivity index (χ4v) is 4.02. The van der Waals surface area contributed by atoms with Gasteiger partial charge < -0.3 is 10.1 Å². The van der Waals surface area contributed by atoms with Crippen molar-refractivity contribution < 1.29 is 22.3 Å². The molecule has 0 aliphatic rings. The number of anilines is 2. The van der Waals surface area contributed by atoms with E-state index in [9.17, 15) is 17.6 Å². The monoisotopic (exact) mass is 434 g/mol. The Morgan fingerprint density at radius 1 is 1.19 bits per heavy atom. The first-order valence-electron chi connectivity index (χ1n) is 7.63. The van der Waals surface area contributed by atoms with Crippen LogP contribution in [0.3, 0.4) is 0 Å². The van der Waals surface area contributed by atoms with E-state index in [1.165, 1.54) is 44.4 Å². The van der Waals surface area contributed by atoms with Crippen LogP contribution in [0.5, 0.6) is 5.75 Å². The molecular weight excluding hydrogens is 418 g/mol. The number of amides is 1. The van der Waals surface area contributed by atoms with Gasteiger partial charge in [0.25, 0.3) is 0 Å². The van der Waals surface area contributed by atoms with Gasteiger partial charge in [-0.05, 0) is 43.3 Å². The molecule has 0 aliphatic carbocycles. The van der Waals surface area contributed by atoms with Gasteiger partial charge in [0, 0.05) is 5.69 Å². The fraction of sp³-hybridized carbons (Fsp3) is 0.235. The van der Waals surface area contributed by atoms with Crippen LogP contribution in [0.2, 0.25) is 10.0 Å². The maximum absolute atomic E-state index is 13.2. The lowest BCUT2D eigenvalue weighted by Gasteiger charge is -2.28. The van der Waals surface area contributed by atoms with Crippen molar-refractivity contribution in [1.82, 2.24) is 0 Å². The number of benzene rings is 2. The van der Waals surface area contributed by atoms with E-state index in [0.717, 1.165) is 16.6 Å². The number of nitrogens with one attached hydrogen (secondary N) is 1. The third kappa shape index (κ3) is 5.03. The first kappa shape index (κ1) is 21.3. The average Bonchev–Trinajstić information content (AvgIpc) is 2.57. The van der Waals surface area contributed by atoms with Crippen molar-refractivity contribution in [3.8, 4) is 5.75 Å². The molecule has 0 aromatic heterocycles. The van der Waals surface area contributed by atoms with Crippen LogP contribution in [-0.4, -0.2) is 33.7 Å². The number of carbonyl (C=O) groups is 1. The number of methoxy groups -OCH3 is 1. The molecule has 1 amide bonds. The minimum absolute atomic E-state index is 0.164. The highest BCUT2D eigenvalue weighted by atomic mass is 35.5. The molecule has 0 saturated carbocycles. The van der Waals surface area contributed by atoms with Gasteiger partial charge in [0.2, 0.25) is 15.9 Å². The van der Waals surface area contributed by atoms with Crippen molar-refractivity contribution in [3.05, 3.63) is 52.3 Å². The van der Waals surface area contributed by atoms with Gasteiger partial charge in [0.15, 0.2) is 0 Å². The fourth-order valence-electron chi connectivity index (χ4n) is 2.42. The van der Waals surface area contributed by atoms with E-state index in [4.69, 9.17) is 27.9 Å². The minimum Gasteiger partial charge on any atom is -0.495 e. The predicted octanol–water partition coefficient (Wildman–Crippen LogP) is 3.93. The Morgan fingerprint density at radius 2 is 1.85 bits per heavy atom. The van der Waals surface area contributed by atoms with E-state index < -0.39 is 27.8 Å². The maximum Gasteiger partial charge on any atom is 0.247 e. The normalized spacial score (nSPS) is 12.4. The van der Waals surface area contributed by atoms with Crippen molar-refractivity contribution in [3.63, 3.8) is 0 Å². The van der Waals surface area contributed by atoms with Crippen LogP contribution in [0.1, 0.15) is 6.92 Å². The summed E-state index contributed by atoms with van der Waals surface area (Å²) >= 11 is 11.8. The number of carbonyl (C=O) groups excluding carboxylic acids is 1. The van der Waals surface area contributed by atoms with Gasteiger partial charge in [-0.25, -0.2) is 12.8 Å². The van der Waals surface area contributed by atoms with Gasteiger partial charge >= 0.3 is 0 Å². The van der Waals surface area contributed by atoms with E-state index in [1.54, 1.807) is 0 Å². The molecule has 0 fully saturated rings. The minimum atomic E-state index is -3.82. The average molecular weight is 435 g/mol. The summed E-state index contributed by atoms with van der Waals surface area (Å²) in [4.78, 5) is 12.6. The first-order chi connectivity index (χ1) is 12.5. The van der Waals surface area contributed by atoms with Crippen molar-refractivity contribution in [1.29, 1.82) is 0 Å². The summed E-state index contributed by atoms with van der Waals surface area (Å²) in [6, 6.07) is 6.90. The lowest BCUT2D eigenvalue weighted by molar-refractivity contribution is -0.116. The molecule has 2 rings (SSSR count). The summed E-state index contributed by atoms with van der Waals surface area (Å²) in [5.74, 6) is -0.893. The second kappa shape index (κ2) is 8.33. The molecule has 2 aromatic rings. The van der Waals surface area contributed by atoms with Crippen molar-refractivity contribution in [2.75, 3.05) is 23.0 Å². The highest BCUT2D eigenvalue weighted by Gasteiger charge is 2.29. The molecule has 6 nitrogen and oxygen atoms in total. The number of halogens is 3. The van der Waals surface area contributed by atoms with Gasteiger partial charge in [-0.3, -0.25) is 9.10 Å². The Balaban J connectivity index is 2.34. The Hall–Kier alpha value is -2.03. The summed E-state index contributed by atoms with van der Waals surface area (Å²) in [6.45, 7) is 1.42. The molecule has 0 aliphatic heterocycles. The third-order valence-electron chi connectivity index (χ3n) is 3.67. The molecule has 27 heavy (non-hydrogen) atoms. The molecule has 0 heterocycles. The standard InChI is InChI=1S/C17H17Cl2FN2O4S/c1-10(17(23)21-11-4-6-15(20)13(18)8-11)22(27(3,24)25)12-5-7-16(26-2)14(19)9-12/h4-10H,1-3H3,(H,21,23)/t10-/m1/s1. The van der Waals surface area contributed by atoms with Gasteiger partial charge in [0.1, 0.15) is 17.6 Å². The van der Waals surface area contributed by atoms with Crippen LogP contribution in [-0.2, 0) is 14.8 Å². The van der Waals surface area contributed by atoms with Gasteiger partial charge in [-0.2, -0.15) is 0 Å². The second-order valence-corrected chi connectivity index (χ2v) is 8.35. The molecule has 0 bridgehead atoms. The van der Waals surface area contributed by atoms with Crippen LogP contribution < -0.4 is 14.4 Å². The lowest BCUT2D eigenvalue weighted by atomic mass is 10.2. The topological polar surface area (TPSA) is 75.7 Å². The molecule has 1 N–H and O–H groups in total. The number of sulfonamides is 1. The molecule has 1 atom stereocenters. The summed E-state index contributed by atoms with van der Waals surface area (Å²) in [5, 5.41) is 2.55. The van der Waals surface area contributed by atoms with Crippen molar-refractivity contribution in [2.24, 2.45) is 0 Å². The second-order valence-electron chi connectivity index (χ2n) is 5.67. The van der Waals surface area contributed by atoms with Crippen molar-refractivity contribution >= 4 is 50.5 Å². The highest BCUT2D eigenvalue weighted by Crippen LogP contribution is 2.31. The van der Waals surface area contributed by atoms with Crippen molar-refractivity contribution in [2.45, 2.75) is 13.0 Å². The van der Waals surface area contributed by atoms with Crippen LogP contribution in [0.25, 0.3) is 0 Å². The zero-order valence-electron chi connectivity index (χ0n) is 14.7. The van der Waals surface area contributed by atoms with E-state index in [-0.39, 0.29) is 21.4 Å². The molecule has 0 unspecified atom stereocenters. The molecule has 0 radical (unpaired) electrons. The largest absolute Gasteiger partial charge is 0.495 e. The molecular formula is C17H17Cl2FN2O4S. The molecule has 146 valence electrons. The Labute approximate surface area is 166 Å². The van der Waals surface area contributed by atoms with E-state index in [0.29, 0.717) is 5.75 Å². The smallest absolute Gasteiger partial charge is 0.247 e. The van der Waals surface area contributed by atoms with E-state index in [1.807, 2.05) is 0 Å². The lowest BCUT2D eigenvalue weighted by Crippen LogP contribution is -2.45. The quantitative estimate of drug-likeness (QED) is 0.746. The Morgan fingerprint density at radius 3 is 2.37 bits per heavy atom. The number of nitrogens with zero attached hydrogens (tertiary/aromatic N) is 1. The van der Waals surface area contributed by atoms with Crippen LogP contribution >= 0.6 is 23.2 Å². The molecule has 10 heteroatoms. The summed E-state index contributed by atoms with van der Waals surface area (Å²) in [7, 11) is -2.39. The summed E-state index contributed by atoms with van der Waals surface area (Å²) < 4.78 is 43.8. The zero-order chi connectivity index (χ0) is 20.4. The maximum atomic E-state index is 13.2. The highest BCUT2D eigenvalue weighted by molar-refractivity contribution is 7.92. The Kier molecular flexibility index (Phi) is 6.56. The van der Waals surface area contributed by atoms with E-state index >= 15 is 0 Å². The number of rotatable bonds is 6.